The predicted molar refractivity (Wildman–Crippen MR) is 184 cm³/mol. The molecule has 1 aromatic carbocycles. The Morgan fingerprint density at radius 1 is 0.958 bits per heavy atom. The van der Waals surface area contributed by atoms with E-state index in [1.54, 1.807) is 31.4 Å². The Balaban J connectivity index is 1.41. The Morgan fingerprint density at radius 2 is 1.62 bits per heavy atom. The number of fused-ring (bicyclic) bond motifs is 7. The first kappa shape index (κ1) is 33.9. The topological polar surface area (TPSA) is 120 Å². The zero-order valence-corrected chi connectivity index (χ0v) is 29.8. The Bertz CT molecular complexity index is 1770. The number of allylic oxidation sites excluding steroid dienone is 5. The summed E-state index contributed by atoms with van der Waals surface area (Å²) in [6, 6.07) is 11.5. The van der Waals surface area contributed by atoms with Crippen LogP contribution in [0.1, 0.15) is 99.0 Å². The van der Waals surface area contributed by atoms with Gasteiger partial charge in [-0.3, -0.25) is 14.4 Å². The molecular weight excluding hydrogens is 598 g/mol. The van der Waals surface area contributed by atoms with Gasteiger partial charge in [-0.15, -0.1) is 0 Å². The van der Waals surface area contributed by atoms with Crippen LogP contribution in [0, 0.1) is 67.5 Å². The number of Topliss-reactive ketones (excluding diaryl/α,β-unsaturated/α-hetero) is 1. The zero-order chi connectivity index (χ0) is 35.1. The van der Waals surface area contributed by atoms with E-state index in [0.29, 0.717) is 11.3 Å². The van der Waals surface area contributed by atoms with Crippen molar-refractivity contribution in [3.8, 4) is 17.9 Å². The van der Waals surface area contributed by atoms with Crippen molar-refractivity contribution in [2.24, 2.45) is 44.8 Å². The van der Waals surface area contributed by atoms with Crippen molar-refractivity contribution in [3.63, 3.8) is 0 Å². The van der Waals surface area contributed by atoms with Crippen molar-refractivity contribution >= 4 is 23.0 Å². The highest BCUT2D eigenvalue weighted by Gasteiger charge is 2.70. The molecule has 3 saturated carbocycles. The summed E-state index contributed by atoms with van der Waals surface area (Å²) in [7, 11) is 1.58. The molecule has 48 heavy (non-hydrogen) atoms. The monoisotopic (exact) mass is 647 g/mol. The van der Waals surface area contributed by atoms with E-state index in [9.17, 15) is 24.9 Å². The lowest BCUT2D eigenvalue weighted by molar-refractivity contribution is -0.163. The maximum atomic E-state index is 14.8. The zero-order valence-electron chi connectivity index (χ0n) is 29.8. The minimum atomic E-state index is -0.710. The van der Waals surface area contributed by atoms with Gasteiger partial charge in [0.15, 0.2) is 11.6 Å². The molecule has 0 bridgehead atoms. The van der Waals surface area contributed by atoms with Gasteiger partial charge in [-0.05, 0) is 109 Å². The van der Waals surface area contributed by atoms with Gasteiger partial charge < -0.3 is 10.1 Å². The van der Waals surface area contributed by atoms with Crippen molar-refractivity contribution in [1.82, 2.24) is 5.32 Å². The number of carbonyl (C=O) groups excluding carboxylic acids is 3. The molecule has 252 valence electrons. The Morgan fingerprint density at radius 3 is 2.25 bits per heavy atom. The summed E-state index contributed by atoms with van der Waals surface area (Å²) in [5, 5.41) is 23.4. The number of nitriles is 2. The summed E-state index contributed by atoms with van der Waals surface area (Å²) in [6.07, 6.45) is 10.9. The molecule has 7 heteroatoms. The van der Waals surface area contributed by atoms with Gasteiger partial charge in [0, 0.05) is 28.4 Å². The fourth-order valence-electron chi connectivity index (χ4n) is 11.2. The van der Waals surface area contributed by atoms with Gasteiger partial charge >= 0.3 is 0 Å². The molecule has 0 radical (unpaired) electrons. The largest absolute Gasteiger partial charge is 0.497 e. The quantitative estimate of drug-likeness (QED) is 0.264. The second-order valence-corrected chi connectivity index (χ2v) is 17.3. The summed E-state index contributed by atoms with van der Waals surface area (Å²) >= 11 is 0. The van der Waals surface area contributed by atoms with Crippen LogP contribution in [0.3, 0.4) is 0 Å². The van der Waals surface area contributed by atoms with Crippen LogP contribution in [-0.4, -0.2) is 30.1 Å². The van der Waals surface area contributed by atoms with Gasteiger partial charge in [-0.25, -0.2) is 0 Å². The molecule has 1 aromatic rings. The fraction of sp³-hybridized carbons (Fsp3) is 0.585. The molecule has 5 aliphatic rings. The van der Waals surface area contributed by atoms with E-state index in [1.807, 2.05) is 26.0 Å². The molecule has 3 fully saturated rings. The molecule has 0 heterocycles. The molecule has 0 unspecified atom stereocenters. The molecule has 5 aliphatic carbocycles. The average Bonchev–Trinajstić information content (AvgIpc) is 3.03. The summed E-state index contributed by atoms with van der Waals surface area (Å²) in [4.78, 5) is 42.0. The van der Waals surface area contributed by atoms with Crippen LogP contribution in [0.4, 0.5) is 0 Å². The smallest absolute Gasteiger partial charge is 0.245 e. The molecule has 7 atom stereocenters. The minimum absolute atomic E-state index is 0.000891. The van der Waals surface area contributed by atoms with Gasteiger partial charge in [-0.2, -0.15) is 10.5 Å². The number of rotatable bonds is 4. The third-order valence-electron chi connectivity index (χ3n) is 14.0. The first-order valence-corrected chi connectivity index (χ1v) is 17.4. The van der Waals surface area contributed by atoms with Crippen LogP contribution in [0.2, 0.25) is 0 Å². The number of nitrogens with one attached hydrogen (secondary N) is 1. The standard InChI is InChI=1S/C41H49N3O4/c1-36(2)15-17-41(44-33(46)19-26(23-42)25-9-11-28(48-8)12-10-25)18-16-40(7)34(29(41)22-36)30(45)20-32-38(5)21-27(24-43)35(47)37(3,4)31(38)13-14-39(32,40)6/h9-12,19-21,29,31,34H,13-18,22H2,1-8H3,(H,44,46)/b26-19+/t29-,31-,34-,38-,39+,40+,41-/m0/s1. The second-order valence-electron chi connectivity index (χ2n) is 17.3. The molecule has 0 aliphatic heterocycles. The Hall–Kier alpha value is -3.97. The summed E-state index contributed by atoms with van der Waals surface area (Å²) in [5.41, 5.74) is -0.397. The van der Waals surface area contributed by atoms with E-state index in [-0.39, 0.29) is 62.6 Å². The number of nitrogens with zero attached hydrogens (tertiary/aromatic N) is 2. The third-order valence-corrected chi connectivity index (χ3v) is 14.0. The first-order valence-electron chi connectivity index (χ1n) is 17.4. The number of amides is 1. The number of benzene rings is 1. The predicted octanol–water partition coefficient (Wildman–Crippen LogP) is 7.69. The Kier molecular flexibility index (Phi) is 7.79. The van der Waals surface area contributed by atoms with E-state index in [2.05, 4.69) is 52.1 Å². The average molecular weight is 648 g/mol. The summed E-state index contributed by atoms with van der Waals surface area (Å²) < 4.78 is 5.25. The van der Waals surface area contributed by atoms with E-state index >= 15 is 0 Å². The number of hydrogen-bond donors (Lipinski definition) is 1. The molecule has 0 saturated heterocycles. The lowest BCUT2D eigenvalue weighted by Crippen LogP contribution is -2.69. The van der Waals surface area contributed by atoms with E-state index in [0.717, 1.165) is 50.5 Å². The molecule has 7 nitrogen and oxygen atoms in total. The molecule has 6 rings (SSSR count). The van der Waals surface area contributed by atoms with Gasteiger partial charge in [0.05, 0.1) is 24.3 Å². The fourth-order valence-corrected chi connectivity index (χ4v) is 11.2. The maximum absolute atomic E-state index is 14.8. The third kappa shape index (κ3) is 4.75. The highest BCUT2D eigenvalue weighted by molar-refractivity contribution is 6.05. The normalized spacial score (nSPS) is 38.0. The lowest BCUT2D eigenvalue weighted by atomic mass is 9.35. The van der Waals surface area contributed by atoms with Crippen molar-refractivity contribution in [2.45, 2.75) is 99.0 Å². The second kappa shape index (κ2) is 11.0. The van der Waals surface area contributed by atoms with E-state index < -0.39 is 16.4 Å². The number of methoxy groups -OCH3 is 1. The SMILES string of the molecule is COc1ccc(/C(C#N)=C/C(=O)N[C@]23CCC(C)(C)C[C@H]2[C@H]2C(=O)C=C4[C@@]5(C)C=C(C#N)C(=O)C(C)(C)[C@@H]5CC[C@@]4(C)[C@]2(C)CC3)cc1. The molecule has 0 aromatic heterocycles. The minimum Gasteiger partial charge on any atom is -0.497 e. The highest BCUT2D eigenvalue weighted by atomic mass is 16.5. The van der Waals surface area contributed by atoms with Crippen LogP contribution in [0.25, 0.3) is 5.57 Å². The van der Waals surface area contributed by atoms with Crippen LogP contribution in [-0.2, 0) is 14.4 Å². The number of ketones is 2. The Labute approximate surface area is 285 Å². The van der Waals surface area contributed by atoms with Crippen molar-refractivity contribution in [3.05, 3.63) is 59.2 Å². The number of ether oxygens (including phenoxy) is 1. The van der Waals surface area contributed by atoms with Crippen LogP contribution < -0.4 is 10.1 Å². The first-order chi connectivity index (χ1) is 22.4. The lowest BCUT2D eigenvalue weighted by Gasteiger charge is -2.69. The van der Waals surface area contributed by atoms with Crippen molar-refractivity contribution < 1.29 is 19.1 Å². The highest BCUT2D eigenvalue weighted by Crippen LogP contribution is 2.73. The number of carbonyl (C=O) groups is 3. The van der Waals surface area contributed by atoms with Gasteiger partial charge in [-0.1, -0.05) is 60.1 Å². The van der Waals surface area contributed by atoms with Crippen LogP contribution >= 0.6 is 0 Å². The molecular formula is C41H49N3O4. The van der Waals surface area contributed by atoms with Crippen LogP contribution in [0.5, 0.6) is 5.75 Å². The molecule has 0 spiro atoms. The molecule has 1 N–H and O–H groups in total. The van der Waals surface area contributed by atoms with Crippen molar-refractivity contribution in [2.75, 3.05) is 7.11 Å². The summed E-state index contributed by atoms with van der Waals surface area (Å²) in [5.74, 6) is -0.0242. The molecule has 1 amide bonds. The van der Waals surface area contributed by atoms with Gasteiger partial charge in [0.2, 0.25) is 5.91 Å². The van der Waals surface area contributed by atoms with Crippen LogP contribution in [0.15, 0.2) is 53.6 Å². The van der Waals surface area contributed by atoms with Crippen molar-refractivity contribution in [1.29, 1.82) is 10.5 Å². The number of hydrogen-bond acceptors (Lipinski definition) is 6. The van der Waals surface area contributed by atoms with E-state index in [1.165, 1.54) is 6.08 Å². The maximum Gasteiger partial charge on any atom is 0.245 e. The summed E-state index contributed by atoms with van der Waals surface area (Å²) in [6.45, 7) is 15.2. The van der Waals surface area contributed by atoms with Gasteiger partial charge in [0.1, 0.15) is 11.8 Å². The van der Waals surface area contributed by atoms with E-state index in [4.69, 9.17) is 4.74 Å². The van der Waals surface area contributed by atoms with Gasteiger partial charge in [0.25, 0.3) is 0 Å².